The largest absolute Gasteiger partial charge is 0.338 e. The molecule has 0 bridgehead atoms. The molecule has 2 nitrogen and oxygen atoms in total. The summed E-state index contributed by atoms with van der Waals surface area (Å²) < 4.78 is 0.985. The zero-order chi connectivity index (χ0) is 12.8. The fourth-order valence-corrected chi connectivity index (χ4v) is 2.40. The third-order valence-electron chi connectivity index (χ3n) is 2.55. The van der Waals surface area contributed by atoms with Gasteiger partial charge in [-0.15, -0.1) is 0 Å². The van der Waals surface area contributed by atoms with Crippen molar-refractivity contribution in [2.75, 3.05) is 18.4 Å². The molecule has 0 saturated heterocycles. The molecule has 1 aromatic rings. The molecule has 4 heteroatoms. The van der Waals surface area contributed by atoms with Crippen molar-refractivity contribution in [1.29, 1.82) is 0 Å². The summed E-state index contributed by atoms with van der Waals surface area (Å²) in [5.41, 5.74) is 1.89. The number of aryl methyl sites for hydroxylation is 1. The van der Waals surface area contributed by atoms with E-state index in [-0.39, 0.29) is 5.91 Å². The first-order chi connectivity index (χ1) is 8.10. The second kappa shape index (κ2) is 7.17. The number of nitrogens with zero attached hydrogens (tertiary/aromatic N) is 1. The van der Waals surface area contributed by atoms with Crippen LogP contribution in [0.3, 0.4) is 0 Å². The Morgan fingerprint density at radius 1 is 1.35 bits per heavy atom. The predicted octanol–water partition coefficient (Wildman–Crippen LogP) is 4.00. The summed E-state index contributed by atoms with van der Waals surface area (Å²) in [5, 5.41) is 0.811. The Bertz CT molecular complexity index is 387. The molecular formula is C13H17Br2NO. The van der Waals surface area contributed by atoms with Gasteiger partial charge in [0.2, 0.25) is 0 Å². The average Bonchev–Trinajstić information content (AvgIpc) is 2.31. The Morgan fingerprint density at radius 2 is 2.06 bits per heavy atom. The van der Waals surface area contributed by atoms with Gasteiger partial charge in [-0.3, -0.25) is 4.79 Å². The van der Waals surface area contributed by atoms with Crippen LogP contribution in [0.15, 0.2) is 22.7 Å². The van der Waals surface area contributed by atoms with Gasteiger partial charge in [0, 0.05) is 28.5 Å². The maximum atomic E-state index is 12.3. The van der Waals surface area contributed by atoms with Crippen LogP contribution in [0, 0.1) is 6.92 Å². The van der Waals surface area contributed by atoms with Gasteiger partial charge in [-0.1, -0.05) is 44.8 Å². The molecule has 0 aliphatic rings. The monoisotopic (exact) mass is 361 g/mol. The summed E-state index contributed by atoms with van der Waals surface area (Å²) in [7, 11) is 0. The molecule has 0 atom stereocenters. The fraction of sp³-hybridized carbons (Fsp3) is 0.462. The Morgan fingerprint density at radius 3 is 2.59 bits per heavy atom. The van der Waals surface area contributed by atoms with Crippen molar-refractivity contribution in [2.45, 2.75) is 20.3 Å². The van der Waals surface area contributed by atoms with Crippen molar-refractivity contribution in [3.05, 3.63) is 33.8 Å². The molecule has 94 valence electrons. The lowest BCUT2D eigenvalue weighted by Gasteiger charge is -2.21. The number of amides is 1. The van der Waals surface area contributed by atoms with E-state index in [2.05, 4.69) is 38.8 Å². The van der Waals surface area contributed by atoms with E-state index in [1.165, 1.54) is 0 Å². The maximum Gasteiger partial charge on any atom is 0.253 e. The summed E-state index contributed by atoms with van der Waals surface area (Å²) in [6, 6.07) is 5.75. The molecular weight excluding hydrogens is 346 g/mol. The van der Waals surface area contributed by atoms with E-state index in [4.69, 9.17) is 0 Å². The summed E-state index contributed by atoms with van der Waals surface area (Å²) in [6.45, 7) is 5.65. The first kappa shape index (κ1) is 14.7. The lowest BCUT2D eigenvalue weighted by atomic mass is 10.1. The molecule has 0 fully saturated rings. The molecule has 1 rings (SSSR count). The number of rotatable bonds is 5. The third-order valence-corrected chi connectivity index (χ3v) is 3.76. The zero-order valence-electron chi connectivity index (χ0n) is 10.2. The lowest BCUT2D eigenvalue weighted by Crippen LogP contribution is -2.33. The van der Waals surface area contributed by atoms with Crippen LogP contribution in [0.4, 0.5) is 0 Å². The molecule has 0 saturated carbocycles. The molecule has 0 spiro atoms. The van der Waals surface area contributed by atoms with E-state index >= 15 is 0 Å². The van der Waals surface area contributed by atoms with Crippen molar-refractivity contribution in [3.63, 3.8) is 0 Å². The number of benzene rings is 1. The number of hydrogen-bond acceptors (Lipinski definition) is 1. The molecule has 0 N–H and O–H groups in total. The Labute approximate surface area is 120 Å². The van der Waals surface area contributed by atoms with Gasteiger partial charge in [0.25, 0.3) is 5.91 Å². The maximum absolute atomic E-state index is 12.3. The van der Waals surface area contributed by atoms with Crippen LogP contribution in [-0.4, -0.2) is 29.2 Å². The normalized spacial score (nSPS) is 10.4. The van der Waals surface area contributed by atoms with Gasteiger partial charge >= 0.3 is 0 Å². The van der Waals surface area contributed by atoms with E-state index in [1.54, 1.807) is 0 Å². The minimum absolute atomic E-state index is 0.104. The SMILES string of the molecule is CCCN(CCBr)C(=O)c1ccc(C)c(Br)c1. The van der Waals surface area contributed by atoms with Crippen molar-refractivity contribution >= 4 is 37.8 Å². The van der Waals surface area contributed by atoms with Crippen LogP contribution in [0.25, 0.3) is 0 Å². The minimum Gasteiger partial charge on any atom is -0.338 e. The fourth-order valence-electron chi connectivity index (χ4n) is 1.60. The van der Waals surface area contributed by atoms with E-state index in [0.717, 1.165) is 40.4 Å². The second-order valence-corrected chi connectivity index (χ2v) is 5.59. The van der Waals surface area contributed by atoms with Crippen LogP contribution in [0.5, 0.6) is 0 Å². The summed E-state index contributed by atoms with van der Waals surface area (Å²) in [4.78, 5) is 14.2. The number of halogens is 2. The van der Waals surface area contributed by atoms with E-state index in [0.29, 0.717) is 0 Å². The van der Waals surface area contributed by atoms with Crippen molar-refractivity contribution in [2.24, 2.45) is 0 Å². The van der Waals surface area contributed by atoms with E-state index in [1.807, 2.05) is 30.0 Å². The number of carbonyl (C=O) groups is 1. The van der Waals surface area contributed by atoms with Gasteiger partial charge in [-0.25, -0.2) is 0 Å². The van der Waals surface area contributed by atoms with Crippen LogP contribution in [-0.2, 0) is 0 Å². The summed E-state index contributed by atoms with van der Waals surface area (Å²) in [5.74, 6) is 0.104. The van der Waals surface area contributed by atoms with Gasteiger partial charge in [-0.2, -0.15) is 0 Å². The van der Waals surface area contributed by atoms with Gasteiger partial charge < -0.3 is 4.90 Å². The van der Waals surface area contributed by atoms with Gasteiger partial charge in [0.1, 0.15) is 0 Å². The molecule has 17 heavy (non-hydrogen) atoms. The van der Waals surface area contributed by atoms with Crippen molar-refractivity contribution in [3.8, 4) is 0 Å². The molecule has 1 aromatic carbocycles. The van der Waals surface area contributed by atoms with Crippen LogP contribution < -0.4 is 0 Å². The second-order valence-electron chi connectivity index (χ2n) is 3.95. The number of carbonyl (C=O) groups excluding carboxylic acids is 1. The highest BCUT2D eigenvalue weighted by Crippen LogP contribution is 2.18. The average molecular weight is 363 g/mol. The third kappa shape index (κ3) is 4.11. The molecule has 0 unspecified atom stereocenters. The molecule has 0 radical (unpaired) electrons. The first-order valence-corrected chi connectivity index (χ1v) is 7.63. The summed E-state index contributed by atoms with van der Waals surface area (Å²) >= 11 is 6.85. The standard InChI is InChI=1S/C13H17Br2NO/c1-3-7-16(8-6-14)13(17)11-5-4-10(2)12(15)9-11/h4-5,9H,3,6-8H2,1-2H3. The molecule has 0 aliphatic carbocycles. The van der Waals surface area contributed by atoms with Gasteiger partial charge in [-0.05, 0) is 31.0 Å². The Kier molecular flexibility index (Phi) is 6.20. The highest BCUT2D eigenvalue weighted by molar-refractivity contribution is 9.10. The molecule has 0 aliphatic heterocycles. The number of hydrogen-bond donors (Lipinski definition) is 0. The van der Waals surface area contributed by atoms with E-state index in [9.17, 15) is 4.79 Å². The van der Waals surface area contributed by atoms with Crippen molar-refractivity contribution in [1.82, 2.24) is 4.90 Å². The van der Waals surface area contributed by atoms with Crippen LogP contribution >= 0.6 is 31.9 Å². The minimum atomic E-state index is 0.104. The molecule has 1 amide bonds. The topological polar surface area (TPSA) is 20.3 Å². The van der Waals surface area contributed by atoms with E-state index < -0.39 is 0 Å². The van der Waals surface area contributed by atoms with Crippen molar-refractivity contribution < 1.29 is 4.79 Å². The van der Waals surface area contributed by atoms with Crippen LogP contribution in [0.1, 0.15) is 29.3 Å². The Balaban J connectivity index is 2.88. The highest BCUT2D eigenvalue weighted by Gasteiger charge is 2.14. The molecule has 0 aromatic heterocycles. The Hall–Kier alpha value is -0.350. The number of alkyl halides is 1. The highest BCUT2D eigenvalue weighted by atomic mass is 79.9. The smallest absolute Gasteiger partial charge is 0.253 e. The predicted molar refractivity (Wildman–Crippen MR) is 78.9 cm³/mol. The first-order valence-electron chi connectivity index (χ1n) is 5.71. The molecule has 0 heterocycles. The zero-order valence-corrected chi connectivity index (χ0v) is 13.3. The lowest BCUT2D eigenvalue weighted by molar-refractivity contribution is 0.0766. The summed E-state index contributed by atoms with van der Waals surface area (Å²) in [6.07, 6.45) is 0.978. The van der Waals surface area contributed by atoms with Crippen LogP contribution in [0.2, 0.25) is 0 Å². The van der Waals surface area contributed by atoms with Gasteiger partial charge in [0.15, 0.2) is 0 Å². The quantitative estimate of drug-likeness (QED) is 0.725. The van der Waals surface area contributed by atoms with Gasteiger partial charge in [0.05, 0.1) is 0 Å².